The Morgan fingerprint density at radius 2 is 1.79 bits per heavy atom. The van der Waals surface area contributed by atoms with Gasteiger partial charge in [-0.15, -0.1) is 0 Å². The van der Waals surface area contributed by atoms with Crippen molar-refractivity contribution in [1.29, 1.82) is 0 Å². The fraction of sp³-hybridized carbons (Fsp3) is 0.118. The van der Waals surface area contributed by atoms with E-state index < -0.39 is 38.2 Å². The van der Waals surface area contributed by atoms with E-state index in [2.05, 4.69) is 5.10 Å². The molecule has 0 spiro atoms. The average Bonchev–Trinajstić information content (AvgIpc) is 3.06. The van der Waals surface area contributed by atoms with Gasteiger partial charge in [0.15, 0.2) is 0 Å². The first-order valence-corrected chi connectivity index (χ1v) is 9.20. The van der Waals surface area contributed by atoms with E-state index in [0.29, 0.717) is 0 Å². The Hall–Kier alpha value is -2.92. The van der Waals surface area contributed by atoms with E-state index in [-0.39, 0.29) is 22.6 Å². The number of H-pyrrole nitrogens is 1. The molecule has 0 aliphatic rings. The van der Waals surface area contributed by atoms with E-state index in [9.17, 15) is 26.0 Å². The Balaban J connectivity index is 2.41. The lowest BCUT2D eigenvalue weighted by molar-refractivity contribution is -0.140. The number of nitrogens with two attached hydrogens (primary N) is 1. The zero-order chi connectivity index (χ0) is 20.7. The van der Waals surface area contributed by atoms with Gasteiger partial charge in [-0.25, -0.2) is 17.9 Å². The van der Waals surface area contributed by atoms with Gasteiger partial charge in [0.2, 0.25) is 10.0 Å². The van der Waals surface area contributed by atoms with Gasteiger partial charge < -0.3 is 4.74 Å². The van der Waals surface area contributed by atoms with Gasteiger partial charge in [-0.1, -0.05) is 18.2 Å². The van der Waals surface area contributed by atoms with E-state index in [0.717, 1.165) is 24.3 Å². The summed E-state index contributed by atoms with van der Waals surface area (Å²) in [5.74, 6) is -0.898. The molecule has 1 heterocycles. The molecule has 2 aromatic carbocycles. The number of sulfonamides is 1. The van der Waals surface area contributed by atoms with Crippen LogP contribution in [0.1, 0.15) is 5.69 Å². The quantitative estimate of drug-likeness (QED) is 0.637. The third-order valence-electron chi connectivity index (χ3n) is 3.93. The molecule has 0 fully saturated rings. The SMILES string of the molecule is COc1cc(F)ccc1-c1c(-c2ccccc2S(N)(=O)=O)n[nH]c1C(F)(F)F. The van der Waals surface area contributed by atoms with E-state index >= 15 is 0 Å². The van der Waals surface area contributed by atoms with Gasteiger partial charge in [-0.2, -0.15) is 18.3 Å². The van der Waals surface area contributed by atoms with Crippen LogP contribution >= 0.6 is 0 Å². The van der Waals surface area contributed by atoms with E-state index in [1.165, 1.54) is 25.3 Å². The molecule has 0 atom stereocenters. The Kier molecular flexibility index (Phi) is 4.90. The van der Waals surface area contributed by atoms with Crippen molar-refractivity contribution in [3.05, 3.63) is 54.0 Å². The van der Waals surface area contributed by atoms with Crippen molar-refractivity contribution in [2.75, 3.05) is 7.11 Å². The highest BCUT2D eigenvalue weighted by molar-refractivity contribution is 7.89. The van der Waals surface area contributed by atoms with Crippen molar-refractivity contribution in [2.24, 2.45) is 5.14 Å². The Bertz CT molecular complexity index is 1140. The second-order valence-corrected chi connectivity index (χ2v) is 7.24. The average molecular weight is 415 g/mol. The highest BCUT2D eigenvalue weighted by Crippen LogP contribution is 2.45. The van der Waals surface area contributed by atoms with Crippen LogP contribution < -0.4 is 9.88 Å². The highest BCUT2D eigenvalue weighted by Gasteiger charge is 2.39. The first-order valence-electron chi connectivity index (χ1n) is 7.65. The molecule has 148 valence electrons. The summed E-state index contributed by atoms with van der Waals surface area (Å²) < 4.78 is 83.1. The number of benzene rings is 2. The summed E-state index contributed by atoms with van der Waals surface area (Å²) in [6.07, 6.45) is -4.85. The minimum Gasteiger partial charge on any atom is -0.496 e. The molecule has 0 amide bonds. The topological polar surface area (TPSA) is 98.1 Å². The van der Waals surface area contributed by atoms with Crippen LogP contribution in [-0.4, -0.2) is 25.7 Å². The van der Waals surface area contributed by atoms with E-state index in [1.54, 1.807) is 0 Å². The lowest BCUT2D eigenvalue weighted by Gasteiger charge is -2.14. The summed E-state index contributed by atoms with van der Waals surface area (Å²) in [6, 6.07) is 8.19. The number of aromatic nitrogens is 2. The van der Waals surface area contributed by atoms with E-state index in [4.69, 9.17) is 9.88 Å². The van der Waals surface area contributed by atoms with Crippen LogP contribution in [0.15, 0.2) is 47.4 Å². The Morgan fingerprint density at radius 3 is 2.39 bits per heavy atom. The molecular formula is C17H13F4N3O3S. The maximum atomic E-state index is 13.6. The Labute approximate surface area is 157 Å². The smallest absolute Gasteiger partial charge is 0.433 e. The minimum atomic E-state index is -4.85. The summed E-state index contributed by atoms with van der Waals surface area (Å²) in [5.41, 5.74) is -2.30. The normalized spacial score (nSPS) is 12.2. The number of primary sulfonamides is 1. The summed E-state index contributed by atoms with van der Waals surface area (Å²) in [5, 5.41) is 10.8. The van der Waals surface area contributed by atoms with Crippen LogP contribution in [0.3, 0.4) is 0 Å². The first-order chi connectivity index (χ1) is 13.0. The first kappa shape index (κ1) is 19.8. The van der Waals surface area contributed by atoms with Gasteiger partial charge in [0.1, 0.15) is 23.0 Å². The number of ether oxygens (including phenoxy) is 1. The molecule has 28 heavy (non-hydrogen) atoms. The number of methoxy groups -OCH3 is 1. The molecule has 11 heteroatoms. The van der Waals surface area contributed by atoms with Crippen molar-refractivity contribution in [1.82, 2.24) is 10.2 Å². The fourth-order valence-corrected chi connectivity index (χ4v) is 3.53. The van der Waals surface area contributed by atoms with Gasteiger partial charge in [-0.3, -0.25) is 5.10 Å². The van der Waals surface area contributed by atoms with Gasteiger partial charge in [0.25, 0.3) is 0 Å². The third kappa shape index (κ3) is 3.58. The Morgan fingerprint density at radius 1 is 1.11 bits per heavy atom. The van der Waals surface area contributed by atoms with Crippen LogP contribution in [-0.2, 0) is 16.2 Å². The van der Waals surface area contributed by atoms with Crippen LogP contribution in [0, 0.1) is 5.82 Å². The van der Waals surface area contributed by atoms with E-state index in [1.807, 2.05) is 5.10 Å². The molecule has 3 rings (SSSR count). The predicted molar refractivity (Wildman–Crippen MR) is 92.3 cm³/mol. The number of alkyl halides is 3. The lowest BCUT2D eigenvalue weighted by Crippen LogP contribution is -2.13. The maximum absolute atomic E-state index is 13.6. The predicted octanol–water partition coefficient (Wildman–Crippen LogP) is 3.56. The van der Waals surface area contributed by atoms with Crippen molar-refractivity contribution >= 4 is 10.0 Å². The number of nitrogens with zero attached hydrogens (tertiary/aromatic N) is 1. The molecule has 3 N–H and O–H groups in total. The molecule has 0 aliphatic heterocycles. The fourth-order valence-electron chi connectivity index (χ4n) is 2.79. The molecule has 1 aromatic heterocycles. The number of halogens is 4. The van der Waals surface area contributed by atoms with Crippen LogP contribution in [0.4, 0.5) is 17.6 Å². The number of hydrogen-bond acceptors (Lipinski definition) is 4. The van der Waals surface area contributed by atoms with Gasteiger partial charge in [0, 0.05) is 22.8 Å². The standard InChI is InChI=1S/C17H13F4N3O3S/c1-27-12-8-9(18)6-7-10(12)14-15(23-24-16(14)17(19,20)21)11-4-2-3-5-13(11)28(22,25)26/h2-8H,1H3,(H,23,24)(H2,22,25,26). The summed E-state index contributed by atoms with van der Waals surface area (Å²) in [7, 11) is -3.09. The second kappa shape index (κ2) is 6.91. The lowest BCUT2D eigenvalue weighted by atomic mass is 9.97. The zero-order valence-electron chi connectivity index (χ0n) is 14.2. The largest absolute Gasteiger partial charge is 0.496 e. The number of nitrogens with one attached hydrogen (secondary N) is 1. The number of hydrogen-bond donors (Lipinski definition) is 2. The molecule has 0 saturated heterocycles. The molecular weight excluding hydrogens is 402 g/mol. The van der Waals surface area contributed by atoms with Crippen molar-refractivity contribution < 1.29 is 30.7 Å². The molecule has 0 bridgehead atoms. The molecule has 0 saturated carbocycles. The third-order valence-corrected chi connectivity index (χ3v) is 4.90. The molecule has 0 unspecified atom stereocenters. The molecule has 0 aliphatic carbocycles. The summed E-state index contributed by atoms with van der Waals surface area (Å²) in [4.78, 5) is -0.405. The molecule has 0 radical (unpaired) electrons. The van der Waals surface area contributed by atoms with Gasteiger partial charge >= 0.3 is 6.18 Å². The number of aromatic amines is 1. The second-order valence-electron chi connectivity index (χ2n) is 5.71. The van der Waals surface area contributed by atoms with Crippen molar-refractivity contribution in [3.8, 4) is 28.1 Å². The highest BCUT2D eigenvalue weighted by atomic mass is 32.2. The van der Waals surface area contributed by atoms with Crippen LogP contribution in [0.5, 0.6) is 5.75 Å². The van der Waals surface area contributed by atoms with Gasteiger partial charge in [-0.05, 0) is 18.2 Å². The monoisotopic (exact) mass is 415 g/mol. The molecule has 6 nitrogen and oxygen atoms in total. The van der Waals surface area contributed by atoms with Crippen molar-refractivity contribution in [2.45, 2.75) is 11.1 Å². The zero-order valence-corrected chi connectivity index (χ0v) is 15.0. The summed E-state index contributed by atoms with van der Waals surface area (Å²) >= 11 is 0. The number of rotatable bonds is 4. The molecule has 3 aromatic rings. The minimum absolute atomic E-state index is 0.121. The van der Waals surface area contributed by atoms with Crippen molar-refractivity contribution in [3.63, 3.8) is 0 Å². The summed E-state index contributed by atoms with van der Waals surface area (Å²) in [6.45, 7) is 0. The van der Waals surface area contributed by atoms with Crippen LogP contribution in [0.2, 0.25) is 0 Å². The van der Waals surface area contributed by atoms with Crippen LogP contribution in [0.25, 0.3) is 22.4 Å². The van der Waals surface area contributed by atoms with Gasteiger partial charge in [0.05, 0.1) is 12.0 Å². The maximum Gasteiger partial charge on any atom is 0.433 e.